The van der Waals surface area contributed by atoms with Gasteiger partial charge in [-0.25, -0.2) is 19.5 Å². The van der Waals surface area contributed by atoms with E-state index < -0.39 is 0 Å². The molecule has 16 rings (SSSR count). The van der Waals surface area contributed by atoms with Gasteiger partial charge in [0.1, 0.15) is 80.6 Å². The minimum absolute atomic E-state index is 0.813. The van der Waals surface area contributed by atoms with Gasteiger partial charge < -0.3 is 35.8 Å². The summed E-state index contributed by atoms with van der Waals surface area (Å²) in [5.41, 5.74) is 14.7. The maximum absolute atomic E-state index is 5.63. The number of hydrogen-bond donors (Lipinski definition) is 0. The second-order valence-electron chi connectivity index (χ2n) is 24.6. The summed E-state index contributed by atoms with van der Waals surface area (Å²) in [6.45, 7) is 4.00. The van der Waals surface area contributed by atoms with Gasteiger partial charge in [-0.05, 0) is 73.1 Å². The standard InChI is InChI=1S/C18H18N4O.2C15H18N4O.C14H17N4O.C14H16N4O/c1-20-11-12-23-18(20)16-10-6-9-15(21(16)2)17-19-13-7-4-5-8-14(13)22(17)3;1-11-16-10-14(18(11)3)12-6-5-7-13(19(12)4)15-17(2)8-9-20-15;1-11-10-14(19(4)16-11)12-6-5-7-13(18(12)3)15-17(2)8-9-20-15;1-15-10-11-19-14(15)12-6-4-7-13(17(12)3)18-9-5-8-16(18)2;1-16-8-7-15-13(16)11-5-4-6-12(18(11)3)14-17(2)9-10-19-14/h4-12H,1-3H3;2*5-10H,1-4H3;4-11H,1-3H3;4-10H,1-3H3/q3*+2;+3;+2. The van der Waals surface area contributed by atoms with Crippen LogP contribution < -0.4 is 50.4 Å². The fourth-order valence-electron chi connectivity index (χ4n) is 12.3. The summed E-state index contributed by atoms with van der Waals surface area (Å²) in [4.78, 5) is 13.6. The molecule has 0 radical (unpaired) electrons. The normalized spacial score (nSPS) is 11.0. The van der Waals surface area contributed by atoms with Crippen LogP contribution in [0.2, 0.25) is 0 Å². The van der Waals surface area contributed by atoms with Crippen molar-refractivity contribution in [2.75, 3.05) is 0 Å². The molecule has 101 heavy (non-hydrogen) atoms. The van der Waals surface area contributed by atoms with E-state index in [1.165, 1.54) is 0 Å². The van der Waals surface area contributed by atoms with Crippen molar-refractivity contribution in [3.63, 3.8) is 0 Å². The lowest BCUT2D eigenvalue weighted by atomic mass is 10.2. The molecular formula is C76H87N20O5+11. The number of imidazole rings is 3. The second-order valence-corrected chi connectivity index (χ2v) is 24.6. The molecule has 0 saturated carbocycles. The Balaban J connectivity index is 0.000000120. The number of rotatable bonds is 10. The van der Waals surface area contributed by atoms with E-state index >= 15 is 0 Å². The molecule has 0 amide bonds. The molecule has 0 saturated heterocycles. The number of nitrogens with zero attached hydrogens (tertiary/aromatic N) is 20. The SMILES string of the molecule is C[n+]1ccoc1-c1cccc(-n2ccc[n+]2C)[n+]1C.Cc1cc(-c2cccc(-c3occ[n+]3C)[n+]2C)n(C)n1.Cc1ncc(-c2cccc(-c3occ[n+]3C)[n+]2C)n1C.Cn1c(-c2cccc(-c3occ[n+]3C)[n+]2C)nc2ccccc21.Cn1ccnc1-c1cccc(-c2occ[n+]2C)[n+]1C. The van der Waals surface area contributed by atoms with Crippen molar-refractivity contribution in [1.82, 2.24) is 43.1 Å². The van der Waals surface area contributed by atoms with E-state index in [1.54, 1.807) is 37.5 Å². The highest BCUT2D eigenvalue weighted by Gasteiger charge is 2.33. The minimum Gasteiger partial charge on any atom is -0.404 e. The summed E-state index contributed by atoms with van der Waals surface area (Å²) in [6.07, 6.45) is 27.6. The van der Waals surface area contributed by atoms with Crippen molar-refractivity contribution in [3.8, 4) is 110 Å². The van der Waals surface area contributed by atoms with Gasteiger partial charge in [0.2, 0.25) is 77.3 Å². The summed E-state index contributed by atoms with van der Waals surface area (Å²) >= 11 is 0. The molecule has 25 heteroatoms. The van der Waals surface area contributed by atoms with Gasteiger partial charge in [-0.15, -0.1) is 0 Å². The molecule has 0 spiro atoms. The summed E-state index contributed by atoms with van der Waals surface area (Å²) in [6, 6.07) is 43.0. The lowest BCUT2D eigenvalue weighted by Crippen LogP contribution is -2.46. The summed E-state index contributed by atoms with van der Waals surface area (Å²) in [5, 5.41) is 4.41. The number of hydrogen-bond acceptors (Lipinski definition) is 9. The highest BCUT2D eigenvalue weighted by atomic mass is 16.4. The van der Waals surface area contributed by atoms with Crippen LogP contribution in [-0.4, -0.2) is 43.1 Å². The van der Waals surface area contributed by atoms with E-state index in [4.69, 9.17) is 27.1 Å². The van der Waals surface area contributed by atoms with Crippen molar-refractivity contribution < 1.29 is 72.4 Å². The monoisotopic (exact) mass is 1360 g/mol. The van der Waals surface area contributed by atoms with Crippen molar-refractivity contribution in [2.24, 2.45) is 106 Å². The zero-order valence-corrected chi connectivity index (χ0v) is 60.3. The molecule has 0 aliphatic rings. The van der Waals surface area contributed by atoms with Crippen LogP contribution in [-0.2, 0) is 106 Å². The molecule has 0 aliphatic carbocycles. The van der Waals surface area contributed by atoms with Gasteiger partial charge in [0.25, 0.3) is 0 Å². The quantitative estimate of drug-likeness (QED) is 0.149. The first-order valence-corrected chi connectivity index (χ1v) is 32.8. The zero-order chi connectivity index (χ0) is 71.3. The topological polar surface area (TPSA) is 185 Å². The van der Waals surface area contributed by atoms with E-state index in [0.717, 1.165) is 132 Å². The Bertz CT molecular complexity index is 5250. The maximum Gasteiger partial charge on any atom is 0.446 e. The Morgan fingerprint density at radius 1 is 0.376 bits per heavy atom. The van der Waals surface area contributed by atoms with Gasteiger partial charge in [0.05, 0.1) is 36.0 Å². The lowest BCUT2D eigenvalue weighted by Gasteiger charge is -2.03. The highest BCUT2D eigenvalue weighted by molar-refractivity contribution is 5.79. The predicted octanol–water partition coefficient (Wildman–Crippen LogP) is 5.97. The molecule has 0 unspecified atom stereocenters. The molecule has 0 N–H and O–H groups in total. The number of para-hydroxylation sites is 2. The van der Waals surface area contributed by atoms with Crippen LogP contribution in [0.1, 0.15) is 11.5 Å². The number of aryl methyl sites for hydroxylation is 11. The first-order valence-electron chi connectivity index (χ1n) is 32.8. The number of oxazole rings is 5. The van der Waals surface area contributed by atoms with E-state index in [0.29, 0.717) is 0 Å². The summed E-state index contributed by atoms with van der Waals surface area (Å²) in [7, 11) is 30.0. The van der Waals surface area contributed by atoms with Crippen molar-refractivity contribution in [1.29, 1.82) is 0 Å². The number of benzene rings is 1. The average Bonchev–Trinajstić information content (AvgIpc) is 1.68. The van der Waals surface area contributed by atoms with Crippen LogP contribution in [0.3, 0.4) is 0 Å². The van der Waals surface area contributed by atoms with E-state index in [1.807, 2.05) is 297 Å². The highest BCUT2D eigenvalue weighted by Crippen LogP contribution is 2.25. The first kappa shape index (κ1) is 68.3. The number of fused-ring (bicyclic) bond motifs is 1. The largest absolute Gasteiger partial charge is 0.446 e. The van der Waals surface area contributed by atoms with Crippen molar-refractivity contribution >= 4 is 11.0 Å². The van der Waals surface area contributed by atoms with E-state index in [9.17, 15) is 0 Å². The smallest absolute Gasteiger partial charge is 0.404 e. The third-order valence-electron chi connectivity index (χ3n) is 18.1. The molecule has 0 bridgehead atoms. The van der Waals surface area contributed by atoms with Crippen LogP contribution in [0.25, 0.3) is 121 Å². The van der Waals surface area contributed by atoms with Crippen LogP contribution in [0, 0.1) is 13.8 Å². The average molecular weight is 1360 g/mol. The Morgan fingerprint density at radius 3 is 1.18 bits per heavy atom. The molecule has 510 valence electrons. The fraction of sp³-hybridized carbons (Fsp3) is 0.224. The third kappa shape index (κ3) is 13.7. The zero-order valence-electron chi connectivity index (χ0n) is 60.3. The van der Waals surface area contributed by atoms with Crippen LogP contribution >= 0.6 is 0 Å². The van der Waals surface area contributed by atoms with Gasteiger partial charge in [-0.1, -0.05) is 12.1 Å². The number of pyridine rings is 5. The molecule has 15 aromatic heterocycles. The van der Waals surface area contributed by atoms with Crippen LogP contribution in [0.4, 0.5) is 0 Å². The Hall–Kier alpha value is -12.7. The molecule has 25 nitrogen and oxygen atoms in total. The molecule has 0 aliphatic heterocycles. The first-order chi connectivity index (χ1) is 48.7. The number of aromatic nitrogens is 20. The Kier molecular flexibility index (Phi) is 19.7. The second kappa shape index (κ2) is 29.2. The molecule has 16 aromatic rings. The summed E-state index contributed by atoms with van der Waals surface area (Å²) in [5.74, 6) is 8.05. The molecule has 1 aromatic carbocycles. The van der Waals surface area contributed by atoms with Gasteiger partial charge in [0, 0.05) is 99.9 Å². The van der Waals surface area contributed by atoms with Gasteiger partial charge in [-0.3, -0.25) is 4.68 Å². The van der Waals surface area contributed by atoms with Crippen LogP contribution in [0.15, 0.2) is 243 Å². The van der Waals surface area contributed by atoms with Gasteiger partial charge in [0.15, 0.2) is 44.6 Å². The van der Waals surface area contributed by atoms with Crippen LogP contribution in [0.5, 0.6) is 0 Å². The van der Waals surface area contributed by atoms with Crippen molar-refractivity contribution in [3.05, 3.63) is 232 Å². The van der Waals surface area contributed by atoms with E-state index in [2.05, 4.69) is 94.2 Å². The van der Waals surface area contributed by atoms with Gasteiger partial charge >= 0.3 is 58.0 Å². The summed E-state index contributed by atoms with van der Waals surface area (Å²) < 4.78 is 60.5. The third-order valence-corrected chi connectivity index (χ3v) is 18.1. The van der Waals surface area contributed by atoms with Crippen molar-refractivity contribution in [2.45, 2.75) is 13.8 Å². The van der Waals surface area contributed by atoms with Gasteiger partial charge in [-0.2, -0.15) is 46.2 Å². The predicted molar refractivity (Wildman–Crippen MR) is 369 cm³/mol. The molecular weight excluding hydrogens is 1270 g/mol. The lowest BCUT2D eigenvalue weighted by molar-refractivity contribution is -0.764. The Labute approximate surface area is 585 Å². The Morgan fingerprint density at radius 2 is 0.792 bits per heavy atom. The maximum atomic E-state index is 5.63. The molecule has 0 atom stereocenters. The molecule has 0 fully saturated rings. The van der Waals surface area contributed by atoms with E-state index in [-0.39, 0.29) is 0 Å². The molecule has 15 heterocycles. The minimum atomic E-state index is 0.813. The fourth-order valence-corrected chi connectivity index (χ4v) is 12.3.